The maximum Gasteiger partial charge on any atom is 0.269 e. The van der Waals surface area contributed by atoms with Gasteiger partial charge in [-0.3, -0.25) is 4.79 Å². The summed E-state index contributed by atoms with van der Waals surface area (Å²) in [7, 11) is 0. The number of nitrogens with two attached hydrogens (primary N) is 1. The molecule has 1 heterocycles. The third-order valence-corrected chi connectivity index (χ3v) is 3.64. The molecule has 0 aliphatic heterocycles. The van der Waals surface area contributed by atoms with Crippen molar-refractivity contribution in [3.05, 3.63) is 29.6 Å². The number of pyridine rings is 1. The van der Waals surface area contributed by atoms with E-state index in [0.29, 0.717) is 12.2 Å². The lowest BCUT2D eigenvalue weighted by atomic mass is 10.0. The molecular formula is C16H21N3O. The minimum Gasteiger partial charge on any atom is -0.351 e. The molecule has 0 atom stereocenters. The van der Waals surface area contributed by atoms with Crippen LogP contribution in [0.3, 0.4) is 0 Å². The molecule has 0 radical (unpaired) electrons. The summed E-state index contributed by atoms with van der Waals surface area (Å²) >= 11 is 0. The van der Waals surface area contributed by atoms with E-state index in [0.717, 1.165) is 24.4 Å². The van der Waals surface area contributed by atoms with Crippen LogP contribution in [0.1, 0.15) is 48.2 Å². The molecule has 0 unspecified atom stereocenters. The Kier molecular flexibility index (Phi) is 5.57. The molecule has 3 N–H and O–H groups in total. The predicted octanol–water partition coefficient (Wildman–Crippen LogP) is 1.70. The average Bonchev–Trinajstić information content (AvgIpc) is 2.99. The second-order valence-corrected chi connectivity index (χ2v) is 5.13. The van der Waals surface area contributed by atoms with Gasteiger partial charge in [0.2, 0.25) is 0 Å². The zero-order valence-corrected chi connectivity index (χ0v) is 11.7. The maximum absolute atomic E-state index is 11.9. The van der Waals surface area contributed by atoms with Gasteiger partial charge in [0.1, 0.15) is 5.69 Å². The van der Waals surface area contributed by atoms with Gasteiger partial charge in [0.05, 0.1) is 6.54 Å². The molecule has 1 aliphatic rings. The van der Waals surface area contributed by atoms with Crippen LogP contribution in [-0.4, -0.2) is 24.0 Å². The third-order valence-electron chi connectivity index (χ3n) is 3.64. The van der Waals surface area contributed by atoms with Crippen molar-refractivity contribution >= 4 is 5.91 Å². The maximum atomic E-state index is 11.9. The molecule has 0 spiro atoms. The number of carbonyl (C=O) groups is 1. The number of nitrogens with zero attached hydrogens (tertiary/aromatic N) is 1. The second kappa shape index (κ2) is 7.66. The van der Waals surface area contributed by atoms with E-state index in [-0.39, 0.29) is 5.91 Å². The third kappa shape index (κ3) is 4.36. The SMILES string of the molecule is NCC#Cc1ccc(C(=O)NCCC2CCCC2)nc1. The van der Waals surface area contributed by atoms with E-state index in [1.165, 1.54) is 25.7 Å². The number of rotatable bonds is 4. The minimum atomic E-state index is -0.110. The van der Waals surface area contributed by atoms with Crippen molar-refractivity contribution in [1.29, 1.82) is 0 Å². The number of carbonyl (C=O) groups excluding carboxylic acids is 1. The van der Waals surface area contributed by atoms with Gasteiger partial charge in [-0.1, -0.05) is 37.5 Å². The Morgan fingerprint density at radius 2 is 2.20 bits per heavy atom. The van der Waals surface area contributed by atoms with Gasteiger partial charge in [-0.05, 0) is 24.5 Å². The highest BCUT2D eigenvalue weighted by molar-refractivity contribution is 5.92. The first-order valence-electron chi connectivity index (χ1n) is 7.23. The standard InChI is InChI=1S/C16H21N3O/c17-10-3-6-14-7-8-15(19-12-14)16(20)18-11-9-13-4-1-2-5-13/h7-8,12-13H,1-2,4-5,9-11,17H2,(H,18,20). The number of amides is 1. The summed E-state index contributed by atoms with van der Waals surface area (Å²) in [6.07, 6.45) is 7.97. The first kappa shape index (κ1) is 14.5. The van der Waals surface area contributed by atoms with E-state index in [4.69, 9.17) is 5.73 Å². The summed E-state index contributed by atoms with van der Waals surface area (Å²) in [4.78, 5) is 16.0. The van der Waals surface area contributed by atoms with Crippen LogP contribution in [0.15, 0.2) is 18.3 Å². The highest BCUT2D eigenvalue weighted by Crippen LogP contribution is 2.26. The molecule has 1 fully saturated rings. The van der Waals surface area contributed by atoms with Crippen LogP contribution in [0.5, 0.6) is 0 Å². The first-order valence-corrected chi connectivity index (χ1v) is 7.23. The summed E-state index contributed by atoms with van der Waals surface area (Å²) in [5.41, 5.74) is 6.52. The van der Waals surface area contributed by atoms with Gasteiger partial charge < -0.3 is 11.1 Å². The molecule has 0 saturated heterocycles. The minimum absolute atomic E-state index is 0.110. The van der Waals surface area contributed by atoms with Crippen LogP contribution >= 0.6 is 0 Å². The van der Waals surface area contributed by atoms with Gasteiger partial charge in [0.25, 0.3) is 5.91 Å². The number of aromatic nitrogens is 1. The van der Waals surface area contributed by atoms with E-state index < -0.39 is 0 Å². The summed E-state index contributed by atoms with van der Waals surface area (Å²) in [6.45, 7) is 1.06. The van der Waals surface area contributed by atoms with Crippen LogP contribution in [0.4, 0.5) is 0 Å². The molecule has 2 rings (SSSR count). The van der Waals surface area contributed by atoms with Crippen LogP contribution in [0, 0.1) is 17.8 Å². The van der Waals surface area contributed by atoms with E-state index in [1.807, 2.05) is 0 Å². The van der Waals surface area contributed by atoms with Crippen LogP contribution in [-0.2, 0) is 0 Å². The van der Waals surface area contributed by atoms with E-state index in [2.05, 4.69) is 22.1 Å². The number of nitrogens with one attached hydrogen (secondary N) is 1. The highest BCUT2D eigenvalue weighted by Gasteiger charge is 2.15. The fourth-order valence-corrected chi connectivity index (χ4v) is 2.53. The Hall–Kier alpha value is -1.86. The van der Waals surface area contributed by atoms with Crippen molar-refractivity contribution in [2.24, 2.45) is 11.7 Å². The Bertz CT molecular complexity index is 493. The lowest BCUT2D eigenvalue weighted by Gasteiger charge is -2.09. The number of hydrogen-bond acceptors (Lipinski definition) is 3. The summed E-state index contributed by atoms with van der Waals surface area (Å²) < 4.78 is 0. The van der Waals surface area contributed by atoms with Gasteiger partial charge in [-0.2, -0.15) is 0 Å². The van der Waals surface area contributed by atoms with E-state index in [9.17, 15) is 4.79 Å². The lowest BCUT2D eigenvalue weighted by Crippen LogP contribution is -2.26. The fourth-order valence-electron chi connectivity index (χ4n) is 2.53. The van der Waals surface area contributed by atoms with Gasteiger partial charge in [-0.15, -0.1) is 0 Å². The van der Waals surface area contributed by atoms with Crippen molar-refractivity contribution in [1.82, 2.24) is 10.3 Å². The van der Waals surface area contributed by atoms with Crippen LogP contribution in [0.25, 0.3) is 0 Å². The Morgan fingerprint density at radius 3 is 2.85 bits per heavy atom. The molecule has 1 saturated carbocycles. The molecule has 1 aromatic rings. The molecule has 1 aromatic heterocycles. The van der Waals surface area contributed by atoms with Crippen molar-refractivity contribution in [3.63, 3.8) is 0 Å². The number of hydrogen-bond donors (Lipinski definition) is 2. The van der Waals surface area contributed by atoms with E-state index >= 15 is 0 Å². The predicted molar refractivity (Wildman–Crippen MR) is 79.1 cm³/mol. The zero-order valence-electron chi connectivity index (χ0n) is 11.7. The molecule has 0 aromatic carbocycles. The van der Waals surface area contributed by atoms with Gasteiger partial charge in [0, 0.05) is 18.3 Å². The normalized spacial score (nSPS) is 14.7. The van der Waals surface area contributed by atoms with Crippen molar-refractivity contribution in [3.8, 4) is 11.8 Å². The largest absolute Gasteiger partial charge is 0.351 e. The molecule has 1 amide bonds. The first-order chi connectivity index (χ1) is 9.79. The molecule has 4 heteroatoms. The second-order valence-electron chi connectivity index (χ2n) is 5.13. The van der Waals surface area contributed by atoms with Gasteiger partial charge >= 0.3 is 0 Å². The van der Waals surface area contributed by atoms with Crippen molar-refractivity contribution in [2.75, 3.05) is 13.1 Å². The summed E-state index contributed by atoms with van der Waals surface area (Å²) in [5, 5.41) is 2.93. The Morgan fingerprint density at radius 1 is 1.40 bits per heavy atom. The smallest absolute Gasteiger partial charge is 0.269 e. The van der Waals surface area contributed by atoms with Crippen LogP contribution in [0.2, 0.25) is 0 Å². The van der Waals surface area contributed by atoms with Gasteiger partial charge in [-0.25, -0.2) is 4.98 Å². The molecule has 106 valence electrons. The molecular weight excluding hydrogens is 250 g/mol. The fraction of sp³-hybridized carbons (Fsp3) is 0.500. The van der Waals surface area contributed by atoms with Crippen LogP contribution < -0.4 is 11.1 Å². The lowest BCUT2D eigenvalue weighted by molar-refractivity contribution is 0.0946. The summed E-state index contributed by atoms with van der Waals surface area (Å²) in [6, 6.07) is 3.49. The Labute approximate surface area is 120 Å². The highest BCUT2D eigenvalue weighted by atomic mass is 16.1. The molecule has 1 aliphatic carbocycles. The Balaban J connectivity index is 1.79. The topological polar surface area (TPSA) is 68.0 Å². The van der Waals surface area contributed by atoms with Crippen molar-refractivity contribution in [2.45, 2.75) is 32.1 Å². The molecule has 0 bridgehead atoms. The quantitative estimate of drug-likeness (QED) is 0.819. The van der Waals surface area contributed by atoms with E-state index in [1.54, 1.807) is 18.3 Å². The molecule has 4 nitrogen and oxygen atoms in total. The average molecular weight is 271 g/mol. The van der Waals surface area contributed by atoms with Gasteiger partial charge in [0.15, 0.2) is 0 Å². The zero-order chi connectivity index (χ0) is 14.2. The molecule has 20 heavy (non-hydrogen) atoms. The summed E-state index contributed by atoms with van der Waals surface area (Å²) in [5.74, 6) is 6.32. The monoisotopic (exact) mass is 271 g/mol. The van der Waals surface area contributed by atoms with Crippen molar-refractivity contribution < 1.29 is 4.79 Å².